The third-order valence-electron chi connectivity index (χ3n) is 5.52. The molecule has 31 heavy (non-hydrogen) atoms. The number of anilines is 5. The Morgan fingerprint density at radius 3 is 2.35 bits per heavy atom. The molecule has 0 spiro atoms. The number of nitrogens with one attached hydrogen (secondary N) is 3. The van der Waals surface area contributed by atoms with Crippen LogP contribution in [-0.2, 0) is 0 Å². The first-order chi connectivity index (χ1) is 15.0. The summed E-state index contributed by atoms with van der Waals surface area (Å²) >= 11 is 0. The number of rotatable bonds is 5. The SMILES string of the molecule is Cc1cc(N2CCCC2)nc(Nc2ccc(NC(=O)Nc3cccc(C)c3C)cc2)n1. The lowest BCUT2D eigenvalue weighted by Crippen LogP contribution is -2.20. The summed E-state index contributed by atoms with van der Waals surface area (Å²) in [4.78, 5) is 23.8. The molecule has 0 saturated carbocycles. The molecule has 0 aliphatic carbocycles. The number of aromatic nitrogens is 2. The predicted octanol–water partition coefficient (Wildman–Crippen LogP) is 5.39. The zero-order valence-corrected chi connectivity index (χ0v) is 18.2. The van der Waals surface area contributed by atoms with Gasteiger partial charge in [0.2, 0.25) is 5.95 Å². The standard InChI is InChI=1S/C24H28N6O/c1-16-7-6-8-21(18(16)3)28-24(31)27-20-11-9-19(10-12-20)26-23-25-17(2)15-22(29-23)30-13-4-5-14-30/h6-12,15H,4-5,13-14H2,1-3H3,(H,25,26,29)(H2,27,28,31). The molecular formula is C24H28N6O. The van der Waals surface area contributed by atoms with Gasteiger partial charge in [-0.2, -0.15) is 4.98 Å². The van der Waals surface area contributed by atoms with Crippen molar-refractivity contribution in [1.29, 1.82) is 0 Å². The molecule has 2 aromatic carbocycles. The Bertz CT molecular complexity index is 1070. The van der Waals surface area contributed by atoms with Gasteiger partial charge in [0.25, 0.3) is 0 Å². The molecule has 0 unspecified atom stereocenters. The van der Waals surface area contributed by atoms with Crippen molar-refractivity contribution >= 4 is 34.9 Å². The molecular weight excluding hydrogens is 388 g/mol. The van der Waals surface area contributed by atoms with Gasteiger partial charge in [-0.05, 0) is 75.1 Å². The summed E-state index contributed by atoms with van der Waals surface area (Å²) < 4.78 is 0. The molecule has 1 fully saturated rings. The summed E-state index contributed by atoms with van der Waals surface area (Å²) in [5, 5.41) is 9.04. The Balaban J connectivity index is 1.39. The maximum atomic E-state index is 12.4. The fourth-order valence-corrected chi connectivity index (χ4v) is 3.65. The average Bonchev–Trinajstić information content (AvgIpc) is 3.27. The van der Waals surface area contributed by atoms with Crippen molar-refractivity contribution in [2.45, 2.75) is 33.6 Å². The lowest BCUT2D eigenvalue weighted by Gasteiger charge is -2.17. The Kier molecular flexibility index (Phi) is 6.02. The first-order valence-corrected chi connectivity index (χ1v) is 10.6. The number of amides is 2. The van der Waals surface area contributed by atoms with Gasteiger partial charge in [0.1, 0.15) is 5.82 Å². The van der Waals surface area contributed by atoms with Gasteiger partial charge < -0.3 is 20.9 Å². The van der Waals surface area contributed by atoms with Gasteiger partial charge in [-0.25, -0.2) is 9.78 Å². The number of aryl methyl sites for hydroxylation is 2. The number of carbonyl (C=O) groups is 1. The summed E-state index contributed by atoms with van der Waals surface area (Å²) in [6.07, 6.45) is 2.41. The third-order valence-corrected chi connectivity index (χ3v) is 5.52. The molecule has 4 rings (SSSR count). The second kappa shape index (κ2) is 9.04. The van der Waals surface area contributed by atoms with Crippen molar-refractivity contribution < 1.29 is 4.79 Å². The third kappa shape index (κ3) is 5.12. The van der Waals surface area contributed by atoms with Crippen LogP contribution >= 0.6 is 0 Å². The Morgan fingerprint density at radius 1 is 0.903 bits per heavy atom. The normalized spacial score (nSPS) is 13.2. The monoisotopic (exact) mass is 416 g/mol. The molecule has 3 N–H and O–H groups in total. The van der Waals surface area contributed by atoms with E-state index in [4.69, 9.17) is 0 Å². The van der Waals surface area contributed by atoms with E-state index in [0.29, 0.717) is 11.6 Å². The van der Waals surface area contributed by atoms with Crippen LogP contribution in [0.5, 0.6) is 0 Å². The van der Waals surface area contributed by atoms with Gasteiger partial charge in [-0.1, -0.05) is 12.1 Å². The highest BCUT2D eigenvalue weighted by Gasteiger charge is 2.15. The maximum Gasteiger partial charge on any atom is 0.323 e. The molecule has 0 atom stereocenters. The summed E-state index contributed by atoms with van der Waals surface area (Å²) in [7, 11) is 0. The Hall–Kier alpha value is -3.61. The van der Waals surface area contributed by atoms with Crippen LogP contribution in [0.1, 0.15) is 29.7 Å². The van der Waals surface area contributed by atoms with Gasteiger partial charge in [-0.15, -0.1) is 0 Å². The molecule has 1 aliphatic heterocycles. The quantitative estimate of drug-likeness (QED) is 0.519. The van der Waals surface area contributed by atoms with Crippen molar-refractivity contribution in [2.24, 2.45) is 0 Å². The minimum absolute atomic E-state index is 0.272. The van der Waals surface area contributed by atoms with Crippen LogP contribution in [0.25, 0.3) is 0 Å². The molecule has 3 aromatic rings. The summed E-state index contributed by atoms with van der Waals surface area (Å²) in [6.45, 7) is 8.08. The highest BCUT2D eigenvalue weighted by atomic mass is 16.2. The molecule has 1 aliphatic rings. The minimum atomic E-state index is -0.272. The zero-order valence-electron chi connectivity index (χ0n) is 18.2. The fraction of sp³-hybridized carbons (Fsp3) is 0.292. The van der Waals surface area contributed by atoms with E-state index in [2.05, 4.69) is 30.8 Å². The fourth-order valence-electron chi connectivity index (χ4n) is 3.65. The maximum absolute atomic E-state index is 12.4. The summed E-state index contributed by atoms with van der Waals surface area (Å²) in [5.74, 6) is 1.55. The van der Waals surface area contributed by atoms with Crippen LogP contribution in [0.15, 0.2) is 48.5 Å². The van der Waals surface area contributed by atoms with Crippen molar-refractivity contribution in [3.05, 3.63) is 65.4 Å². The van der Waals surface area contributed by atoms with Crippen LogP contribution in [0.4, 0.5) is 33.6 Å². The number of benzene rings is 2. The van der Waals surface area contributed by atoms with E-state index in [-0.39, 0.29) is 6.03 Å². The predicted molar refractivity (Wildman–Crippen MR) is 126 cm³/mol. The van der Waals surface area contributed by atoms with Crippen molar-refractivity contribution in [2.75, 3.05) is 33.9 Å². The smallest absolute Gasteiger partial charge is 0.323 e. The molecule has 2 amide bonds. The highest BCUT2D eigenvalue weighted by molar-refractivity contribution is 6.00. The molecule has 160 valence electrons. The minimum Gasteiger partial charge on any atom is -0.356 e. The Labute approximate surface area is 182 Å². The van der Waals surface area contributed by atoms with E-state index >= 15 is 0 Å². The summed E-state index contributed by atoms with van der Waals surface area (Å²) in [5.41, 5.74) is 5.50. The lowest BCUT2D eigenvalue weighted by atomic mass is 10.1. The van der Waals surface area contributed by atoms with Crippen LogP contribution in [0.3, 0.4) is 0 Å². The number of urea groups is 1. The molecule has 1 saturated heterocycles. The van der Waals surface area contributed by atoms with E-state index in [1.807, 2.05) is 69.3 Å². The largest absolute Gasteiger partial charge is 0.356 e. The zero-order chi connectivity index (χ0) is 21.8. The van der Waals surface area contributed by atoms with Crippen molar-refractivity contribution in [3.8, 4) is 0 Å². The topological polar surface area (TPSA) is 82.2 Å². The number of hydrogen-bond donors (Lipinski definition) is 3. The number of nitrogens with zero attached hydrogens (tertiary/aromatic N) is 3. The molecule has 7 heteroatoms. The number of hydrogen-bond acceptors (Lipinski definition) is 5. The molecule has 2 heterocycles. The van der Waals surface area contributed by atoms with Gasteiger partial charge in [-0.3, -0.25) is 0 Å². The van der Waals surface area contributed by atoms with Gasteiger partial charge in [0, 0.05) is 41.9 Å². The molecule has 7 nitrogen and oxygen atoms in total. The number of carbonyl (C=O) groups excluding carboxylic acids is 1. The van der Waals surface area contributed by atoms with Crippen LogP contribution in [0, 0.1) is 20.8 Å². The summed E-state index contributed by atoms with van der Waals surface area (Å²) in [6, 6.07) is 15.1. The van der Waals surface area contributed by atoms with Gasteiger partial charge >= 0.3 is 6.03 Å². The molecule has 0 bridgehead atoms. The second-order valence-corrected chi connectivity index (χ2v) is 7.91. The van der Waals surface area contributed by atoms with E-state index in [1.165, 1.54) is 12.8 Å². The first-order valence-electron chi connectivity index (χ1n) is 10.6. The first kappa shape index (κ1) is 20.7. The van der Waals surface area contributed by atoms with Crippen LogP contribution in [-0.4, -0.2) is 29.1 Å². The van der Waals surface area contributed by atoms with E-state index in [1.54, 1.807) is 0 Å². The average molecular weight is 417 g/mol. The van der Waals surface area contributed by atoms with E-state index in [0.717, 1.165) is 47.1 Å². The van der Waals surface area contributed by atoms with Gasteiger partial charge in [0.15, 0.2) is 0 Å². The van der Waals surface area contributed by atoms with Crippen LogP contribution in [0.2, 0.25) is 0 Å². The highest BCUT2D eigenvalue weighted by Crippen LogP contribution is 2.23. The molecule has 1 aromatic heterocycles. The van der Waals surface area contributed by atoms with Crippen LogP contribution < -0.4 is 20.9 Å². The van der Waals surface area contributed by atoms with Gasteiger partial charge in [0.05, 0.1) is 0 Å². The Morgan fingerprint density at radius 2 is 1.61 bits per heavy atom. The van der Waals surface area contributed by atoms with E-state index in [9.17, 15) is 4.79 Å². The second-order valence-electron chi connectivity index (χ2n) is 7.91. The lowest BCUT2D eigenvalue weighted by molar-refractivity contribution is 0.262. The molecule has 0 radical (unpaired) electrons. The van der Waals surface area contributed by atoms with E-state index < -0.39 is 0 Å². The van der Waals surface area contributed by atoms with Crippen molar-refractivity contribution in [1.82, 2.24) is 9.97 Å². The van der Waals surface area contributed by atoms with Crippen molar-refractivity contribution in [3.63, 3.8) is 0 Å².